The number of methoxy groups -OCH3 is 1. The molecule has 1 aromatic heterocycles. The van der Waals surface area contributed by atoms with Crippen molar-refractivity contribution < 1.29 is 9.53 Å². The van der Waals surface area contributed by atoms with Crippen LogP contribution in [0, 0.1) is 0 Å². The fourth-order valence-corrected chi connectivity index (χ4v) is 2.91. The van der Waals surface area contributed by atoms with Crippen LogP contribution in [-0.2, 0) is 17.9 Å². The SMILES string of the molecule is COc1ccc(CN=C(NCC(=O)N(C)C)N(C)Cc2ccsc2)cc1. The Bertz CT molecular complexity index is 712. The molecule has 0 atom stereocenters. The minimum Gasteiger partial charge on any atom is -0.497 e. The summed E-state index contributed by atoms with van der Waals surface area (Å²) in [5.74, 6) is 1.52. The third-order valence-corrected chi connectivity index (χ3v) is 4.56. The van der Waals surface area contributed by atoms with E-state index in [0.717, 1.165) is 17.9 Å². The van der Waals surface area contributed by atoms with Gasteiger partial charge < -0.3 is 19.9 Å². The Morgan fingerprint density at radius 1 is 1.15 bits per heavy atom. The first-order valence-electron chi connectivity index (χ1n) is 8.33. The van der Waals surface area contributed by atoms with Crippen molar-refractivity contribution in [1.29, 1.82) is 0 Å². The van der Waals surface area contributed by atoms with Crippen LogP contribution in [0.4, 0.5) is 0 Å². The average Bonchev–Trinajstić information content (AvgIpc) is 3.14. The maximum Gasteiger partial charge on any atom is 0.241 e. The molecule has 0 aliphatic rings. The van der Waals surface area contributed by atoms with Gasteiger partial charge in [0.2, 0.25) is 5.91 Å². The third kappa shape index (κ3) is 6.07. The molecule has 2 aromatic rings. The van der Waals surface area contributed by atoms with Gasteiger partial charge in [0, 0.05) is 27.7 Å². The normalized spacial score (nSPS) is 11.2. The molecule has 0 bridgehead atoms. The molecule has 1 aromatic carbocycles. The van der Waals surface area contributed by atoms with Crippen LogP contribution < -0.4 is 10.1 Å². The van der Waals surface area contributed by atoms with Crippen molar-refractivity contribution in [2.75, 3.05) is 34.8 Å². The number of nitrogens with zero attached hydrogens (tertiary/aromatic N) is 3. The monoisotopic (exact) mass is 374 g/mol. The van der Waals surface area contributed by atoms with E-state index in [2.05, 4.69) is 27.1 Å². The van der Waals surface area contributed by atoms with Gasteiger partial charge in [0.1, 0.15) is 5.75 Å². The van der Waals surface area contributed by atoms with E-state index in [1.54, 1.807) is 37.4 Å². The molecule has 2 rings (SSSR count). The Labute approximate surface area is 159 Å². The van der Waals surface area contributed by atoms with E-state index in [-0.39, 0.29) is 12.5 Å². The Hall–Kier alpha value is -2.54. The quantitative estimate of drug-likeness (QED) is 0.597. The highest BCUT2D eigenvalue weighted by Gasteiger charge is 2.11. The Balaban J connectivity index is 2.07. The first-order chi connectivity index (χ1) is 12.5. The lowest BCUT2D eigenvalue weighted by molar-refractivity contribution is -0.127. The average molecular weight is 375 g/mol. The minimum atomic E-state index is 0.00563. The summed E-state index contributed by atoms with van der Waals surface area (Å²) in [7, 11) is 7.11. The second kappa shape index (κ2) is 9.82. The second-order valence-electron chi connectivity index (χ2n) is 6.12. The lowest BCUT2D eigenvalue weighted by Gasteiger charge is -2.22. The largest absolute Gasteiger partial charge is 0.497 e. The zero-order valence-electron chi connectivity index (χ0n) is 15.7. The van der Waals surface area contributed by atoms with E-state index in [1.165, 1.54) is 5.56 Å². The van der Waals surface area contributed by atoms with Gasteiger partial charge in [-0.15, -0.1) is 0 Å². The van der Waals surface area contributed by atoms with Gasteiger partial charge in [-0.05, 0) is 40.1 Å². The number of hydrogen-bond acceptors (Lipinski definition) is 4. The molecule has 1 N–H and O–H groups in total. The van der Waals surface area contributed by atoms with Crippen LogP contribution in [0.3, 0.4) is 0 Å². The fourth-order valence-electron chi connectivity index (χ4n) is 2.25. The predicted octanol–water partition coefficient (Wildman–Crippen LogP) is 2.42. The number of ether oxygens (including phenoxy) is 1. The highest BCUT2D eigenvalue weighted by atomic mass is 32.1. The summed E-state index contributed by atoms with van der Waals surface area (Å²) >= 11 is 1.67. The maximum atomic E-state index is 11.9. The van der Waals surface area contributed by atoms with Crippen molar-refractivity contribution in [1.82, 2.24) is 15.1 Å². The molecule has 0 aliphatic heterocycles. The lowest BCUT2D eigenvalue weighted by atomic mass is 10.2. The standard InChI is InChI=1S/C19H26N4O2S/c1-22(2)18(24)12-21-19(23(3)13-16-9-10-26-14-16)20-11-15-5-7-17(25-4)8-6-15/h5-10,14H,11-13H2,1-4H3,(H,20,21). The fraction of sp³-hybridized carbons (Fsp3) is 0.368. The highest BCUT2D eigenvalue weighted by molar-refractivity contribution is 7.07. The van der Waals surface area contributed by atoms with Crippen LogP contribution in [-0.4, -0.2) is 56.5 Å². The molecule has 1 heterocycles. The molecule has 140 valence electrons. The summed E-state index contributed by atoms with van der Waals surface area (Å²) < 4.78 is 5.18. The molecule has 0 unspecified atom stereocenters. The summed E-state index contributed by atoms with van der Waals surface area (Å²) in [5.41, 5.74) is 2.29. The summed E-state index contributed by atoms with van der Waals surface area (Å²) in [4.78, 5) is 20.2. The zero-order valence-corrected chi connectivity index (χ0v) is 16.5. The van der Waals surface area contributed by atoms with Crippen LogP contribution in [0.5, 0.6) is 5.75 Å². The van der Waals surface area contributed by atoms with Gasteiger partial charge in [-0.25, -0.2) is 4.99 Å². The van der Waals surface area contributed by atoms with Crippen LogP contribution in [0.2, 0.25) is 0 Å². The van der Waals surface area contributed by atoms with Gasteiger partial charge in [-0.1, -0.05) is 12.1 Å². The van der Waals surface area contributed by atoms with Gasteiger partial charge in [-0.3, -0.25) is 4.79 Å². The van der Waals surface area contributed by atoms with Gasteiger partial charge in [0.05, 0.1) is 20.2 Å². The molecule has 7 heteroatoms. The lowest BCUT2D eigenvalue weighted by Crippen LogP contribution is -2.43. The van der Waals surface area contributed by atoms with E-state index >= 15 is 0 Å². The Kier molecular flexibility index (Phi) is 7.47. The first kappa shape index (κ1) is 19.8. The molecule has 0 saturated heterocycles. The predicted molar refractivity (Wildman–Crippen MR) is 107 cm³/mol. The van der Waals surface area contributed by atoms with Crippen LogP contribution >= 0.6 is 11.3 Å². The number of nitrogens with one attached hydrogen (secondary N) is 1. The van der Waals surface area contributed by atoms with Crippen LogP contribution in [0.1, 0.15) is 11.1 Å². The molecule has 0 saturated carbocycles. The Morgan fingerprint density at radius 3 is 2.46 bits per heavy atom. The maximum absolute atomic E-state index is 11.9. The van der Waals surface area contributed by atoms with Gasteiger partial charge in [0.25, 0.3) is 0 Å². The van der Waals surface area contributed by atoms with Crippen molar-refractivity contribution in [3.8, 4) is 5.75 Å². The highest BCUT2D eigenvalue weighted by Crippen LogP contribution is 2.12. The van der Waals surface area contributed by atoms with Crippen LogP contribution in [0.15, 0.2) is 46.1 Å². The van der Waals surface area contributed by atoms with Crippen molar-refractivity contribution in [2.24, 2.45) is 4.99 Å². The molecule has 6 nitrogen and oxygen atoms in total. The van der Waals surface area contributed by atoms with Crippen molar-refractivity contribution in [3.05, 3.63) is 52.2 Å². The smallest absolute Gasteiger partial charge is 0.241 e. The number of benzene rings is 1. The van der Waals surface area contributed by atoms with E-state index < -0.39 is 0 Å². The molecule has 0 spiro atoms. The van der Waals surface area contributed by atoms with Crippen molar-refractivity contribution >= 4 is 23.2 Å². The number of carbonyl (C=O) groups is 1. The molecule has 0 fully saturated rings. The number of carbonyl (C=O) groups excluding carboxylic acids is 1. The minimum absolute atomic E-state index is 0.00563. The number of aliphatic imine (C=N–C) groups is 1. The number of hydrogen-bond donors (Lipinski definition) is 1. The molecule has 26 heavy (non-hydrogen) atoms. The second-order valence-corrected chi connectivity index (χ2v) is 6.90. The summed E-state index contributed by atoms with van der Waals surface area (Å²) in [6, 6.07) is 9.91. The van der Waals surface area contributed by atoms with E-state index in [9.17, 15) is 4.79 Å². The Morgan fingerprint density at radius 2 is 1.88 bits per heavy atom. The van der Waals surface area contributed by atoms with Gasteiger partial charge in [0.15, 0.2) is 5.96 Å². The number of amides is 1. The van der Waals surface area contributed by atoms with Crippen molar-refractivity contribution in [2.45, 2.75) is 13.1 Å². The third-order valence-electron chi connectivity index (χ3n) is 3.83. The first-order valence-corrected chi connectivity index (χ1v) is 9.27. The van der Waals surface area contributed by atoms with Gasteiger partial charge >= 0.3 is 0 Å². The summed E-state index contributed by atoms with van der Waals surface area (Å²) in [6.45, 7) is 1.47. The van der Waals surface area contributed by atoms with E-state index in [1.807, 2.05) is 36.2 Å². The summed E-state index contributed by atoms with van der Waals surface area (Å²) in [6.07, 6.45) is 0. The molecular weight excluding hydrogens is 348 g/mol. The molecule has 1 amide bonds. The molecule has 0 aliphatic carbocycles. The summed E-state index contributed by atoms with van der Waals surface area (Å²) in [5, 5.41) is 7.34. The van der Waals surface area contributed by atoms with E-state index in [0.29, 0.717) is 12.5 Å². The van der Waals surface area contributed by atoms with E-state index in [4.69, 9.17) is 4.74 Å². The number of thiophene rings is 1. The molecule has 0 radical (unpaired) electrons. The zero-order chi connectivity index (χ0) is 18.9. The number of likely N-dealkylation sites (N-methyl/N-ethyl adjacent to an activating group) is 1. The molecular formula is C19H26N4O2S. The van der Waals surface area contributed by atoms with Crippen molar-refractivity contribution in [3.63, 3.8) is 0 Å². The van der Waals surface area contributed by atoms with Crippen LogP contribution in [0.25, 0.3) is 0 Å². The number of rotatable bonds is 7. The topological polar surface area (TPSA) is 57.2 Å². The van der Waals surface area contributed by atoms with Gasteiger partial charge in [-0.2, -0.15) is 11.3 Å². The number of guanidine groups is 1.